The van der Waals surface area contributed by atoms with Gasteiger partial charge in [0.15, 0.2) is 10.6 Å². The summed E-state index contributed by atoms with van der Waals surface area (Å²) in [6.07, 6.45) is -1.33. The average molecular weight is 621 g/mol. The number of aryl methyl sites for hydroxylation is 3. The topological polar surface area (TPSA) is 86.3 Å². The lowest BCUT2D eigenvalue weighted by Gasteiger charge is -2.14. The molecular formula is C32H31F3N6O2S. The fraction of sp³-hybridized carbons (Fsp3) is 0.250. The molecule has 12 heteroatoms. The van der Waals surface area contributed by atoms with Crippen LogP contribution in [0.2, 0.25) is 0 Å². The molecule has 5 rings (SSSR count). The Kier molecular flexibility index (Phi) is 9.00. The minimum Gasteiger partial charge on any atom is -0.406 e. The molecular weight excluding hydrogens is 589 g/mol. The predicted octanol–water partition coefficient (Wildman–Crippen LogP) is 7.63. The van der Waals surface area contributed by atoms with E-state index in [2.05, 4.69) is 57.2 Å². The van der Waals surface area contributed by atoms with Crippen molar-refractivity contribution in [2.75, 3.05) is 0 Å². The van der Waals surface area contributed by atoms with Crippen LogP contribution in [0.15, 0.2) is 83.4 Å². The van der Waals surface area contributed by atoms with E-state index in [-0.39, 0.29) is 11.8 Å². The largest absolute Gasteiger partial charge is 0.573 e. The number of aromatic nitrogens is 4. The van der Waals surface area contributed by atoms with E-state index in [1.54, 1.807) is 0 Å². The highest BCUT2D eigenvalue weighted by molar-refractivity contribution is 7.07. The van der Waals surface area contributed by atoms with Crippen molar-refractivity contribution in [3.63, 3.8) is 0 Å². The van der Waals surface area contributed by atoms with Gasteiger partial charge in [-0.05, 0) is 74.2 Å². The normalized spacial score (nSPS) is 12.8. The molecule has 0 aliphatic rings. The smallest absolute Gasteiger partial charge is 0.406 e. The molecule has 1 unspecified atom stereocenters. The van der Waals surface area contributed by atoms with E-state index in [0.29, 0.717) is 16.3 Å². The summed E-state index contributed by atoms with van der Waals surface area (Å²) in [4.78, 5) is 22.4. The molecule has 44 heavy (non-hydrogen) atoms. The summed E-state index contributed by atoms with van der Waals surface area (Å²) >= 11 is 1.43. The monoisotopic (exact) mass is 620 g/mol. The van der Waals surface area contributed by atoms with Crippen LogP contribution in [-0.2, 0) is 6.42 Å². The van der Waals surface area contributed by atoms with Crippen LogP contribution in [0.4, 0.5) is 18.0 Å². The third-order valence-corrected chi connectivity index (χ3v) is 7.86. The maximum atomic E-state index is 13.0. The van der Waals surface area contributed by atoms with E-state index in [1.807, 2.05) is 48.1 Å². The van der Waals surface area contributed by atoms with Crippen molar-refractivity contribution in [2.45, 2.75) is 52.9 Å². The van der Waals surface area contributed by atoms with Gasteiger partial charge in [-0.2, -0.15) is 4.99 Å². The predicted molar refractivity (Wildman–Crippen MR) is 163 cm³/mol. The van der Waals surface area contributed by atoms with Crippen LogP contribution in [0.5, 0.6) is 5.75 Å². The highest BCUT2D eigenvalue weighted by atomic mass is 32.1. The van der Waals surface area contributed by atoms with Gasteiger partial charge in [-0.25, -0.2) is 14.5 Å². The lowest BCUT2D eigenvalue weighted by molar-refractivity contribution is -0.274. The molecule has 228 valence electrons. The molecule has 0 saturated carbocycles. The van der Waals surface area contributed by atoms with E-state index in [4.69, 9.17) is 0 Å². The zero-order chi connectivity index (χ0) is 31.4. The summed E-state index contributed by atoms with van der Waals surface area (Å²) in [6, 6.07) is 18.4. The first-order chi connectivity index (χ1) is 21.0. The molecule has 8 nitrogen and oxygen atoms in total. The maximum absolute atomic E-state index is 13.0. The number of amides is 2. The molecule has 0 aliphatic carbocycles. The Hall–Kier alpha value is -4.71. The van der Waals surface area contributed by atoms with Gasteiger partial charge in [-0.15, -0.1) is 29.6 Å². The van der Waals surface area contributed by atoms with Gasteiger partial charge < -0.3 is 10.1 Å². The second kappa shape index (κ2) is 12.9. The lowest BCUT2D eigenvalue weighted by atomic mass is 10.1. The molecule has 0 spiro atoms. The van der Waals surface area contributed by atoms with Gasteiger partial charge in [0.1, 0.15) is 12.1 Å². The Labute approximate surface area is 256 Å². The Morgan fingerprint density at radius 2 is 1.80 bits per heavy atom. The van der Waals surface area contributed by atoms with Crippen LogP contribution in [0.25, 0.3) is 22.8 Å². The first kappa shape index (κ1) is 30.7. The Bertz CT molecular complexity index is 1820. The second-order valence-corrected chi connectivity index (χ2v) is 11.2. The van der Waals surface area contributed by atoms with Crippen molar-refractivity contribution in [2.24, 2.45) is 4.99 Å². The number of benzene rings is 3. The number of alkyl halides is 3. The summed E-state index contributed by atoms with van der Waals surface area (Å²) < 4.78 is 44.7. The summed E-state index contributed by atoms with van der Waals surface area (Å²) in [6.45, 7) is 8.10. The number of hydrogen-bond acceptors (Lipinski definition) is 5. The van der Waals surface area contributed by atoms with Crippen molar-refractivity contribution in [1.29, 1.82) is 0 Å². The number of carbonyl (C=O) groups is 1. The molecule has 2 aromatic heterocycles. The van der Waals surface area contributed by atoms with E-state index in [1.165, 1.54) is 52.2 Å². The van der Waals surface area contributed by atoms with Crippen LogP contribution in [-0.4, -0.2) is 31.7 Å². The average Bonchev–Trinajstić information content (AvgIpc) is 3.61. The molecule has 2 amide bonds. The van der Waals surface area contributed by atoms with Crippen LogP contribution < -0.4 is 14.9 Å². The van der Waals surface area contributed by atoms with Gasteiger partial charge >= 0.3 is 12.4 Å². The van der Waals surface area contributed by atoms with E-state index in [0.717, 1.165) is 40.9 Å². The first-order valence-corrected chi connectivity index (χ1v) is 14.9. The summed E-state index contributed by atoms with van der Waals surface area (Å²) in [7, 11) is 0. The third kappa shape index (κ3) is 7.25. The number of carbonyl (C=O) groups excluding carboxylic acids is 1. The summed E-state index contributed by atoms with van der Waals surface area (Å²) in [5, 5.41) is 9.40. The van der Waals surface area contributed by atoms with Crippen LogP contribution >= 0.6 is 11.3 Å². The zero-order valence-corrected chi connectivity index (χ0v) is 25.4. The van der Waals surface area contributed by atoms with E-state index < -0.39 is 12.4 Å². The lowest BCUT2D eigenvalue weighted by Crippen LogP contribution is -2.27. The van der Waals surface area contributed by atoms with E-state index >= 15 is 0 Å². The fourth-order valence-electron chi connectivity index (χ4n) is 4.76. The summed E-state index contributed by atoms with van der Waals surface area (Å²) in [5.41, 5.74) is 6.55. The van der Waals surface area contributed by atoms with Crippen LogP contribution in [0, 0.1) is 13.8 Å². The molecule has 1 atom stereocenters. The number of halogens is 3. The molecule has 1 N–H and O–H groups in total. The first-order valence-electron chi connectivity index (χ1n) is 14.0. The van der Waals surface area contributed by atoms with Gasteiger partial charge in [0, 0.05) is 16.6 Å². The molecule has 0 aliphatic heterocycles. The van der Waals surface area contributed by atoms with Gasteiger partial charge in [0.05, 0.1) is 17.4 Å². The molecule has 0 fully saturated rings. The standard InChI is InChI=1S/C32H31F3N6O2S/c1-5-6-24-8-7-20(2)17-28(24)41-21(3)18-44-31(41)38-30(42)37-22(4)23-9-11-25(12-10-23)29-36-19-40(39-29)26-13-15-27(16-14-26)43-32(33,34)35/h7-19,22H,5-6H2,1-4H3,(H,37,42). The highest BCUT2D eigenvalue weighted by Gasteiger charge is 2.31. The van der Waals surface area contributed by atoms with Gasteiger partial charge in [0.2, 0.25) is 0 Å². The van der Waals surface area contributed by atoms with Crippen LogP contribution in [0.1, 0.15) is 48.7 Å². The number of nitrogens with one attached hydrogen (secondary N) is 1. The van der Waals surface area contributed by atoms with E-state index in [9.17, 15) is 18.0 Å². The third-order valence-electron chi connectivity index (χ3n) is 6.91. The minimum absolute atomic E-state index is 0.313. The number of hydrogen-bond donors (Lipinski definition) is 1. The molecule has 2 heterocycles. The van der Waals surface area contributed by atoms with Gasteiger partial charge in [-0.1, -0.05) is 49.7 Å². The molecule has 5 aromatic rings. The van der Waals surface area contributed by atoms with Gasteiger partial charge in [-0.3, -0.25) is 4.57 Å². The quantitative estimate of drug-likeness (QED) is 0.193. The fourth-order valence-corrected chi connectivity index (χ4v) is 5.62. The van der Waals surface area contributed by atoms with Crippen LogP contribution in [0.3, 0.4) is 0 Å². The number of ether oxygens (including phenoxy) is 1. The number of urea groups is 1. The Balaban J connectivity index is 1.28. The second-order valence-electron chi connectivity index (χ2n) is 10.3. The molecule has 0 bridgehead atoms. The molecule has 0 saturated heterocycles. The van der Waals surface area contributed by atoms with Crippen molar-refractivity contribution >= 4 is 17.4 Å². The van der Waals surface area contributed by atoms with Crippen molar-refractivity contribution in [3.8, 4) is 28.5 Å². The Morgan fingerprint density at radius 3 is 2.48 bits per heavy atom. The zero-order valence-electron chi connectivity index (χ0n) is 24.6. The van der Waals surface area contributed by atoms with Crippen molar-refractivity contribution < 1.29 is 22.7 Å². The Morgan fingerprint density at radius 1 is 1.07 bits per heavy atom. The van der Waals surface area contributed by atoms with Crippen molar-refractivity contribution in [3.05, 3.63) is 106 Å². The maximum Gasteiger partial charge on any atom is 0.573 e. The molecule has 0 radical (unpaired) electrons. The van der Waals surface area contributed by atoms with Gasteiger partial charge in [0.25, 0.3) is 0 Å². The number of thiazole rings is 1. The number of nitrogens with zero attached hydrogens (tertiary/aromatic N) is 5. The molecule has 3 aromatic carbocycles. The summed E-state index contributed by atoms with van der Waals surface area (Å²) in [5.74, 6) is 0.123. The number of rotatable bonds is 8. The highest BCUT2D eigenvalue weighted by Crippen LogP contribution is 2.25. The SMILES string of the molecule is CCCc1ccc(C)cc1-n1c(C)csc1=NC(=O)NC(C)c1ccc(-c2ncn(-c3ccc(OC(F)(F)F)cc3)n2)cc1. The minimum atomic E-state index is -4.75. The van der Waals surface area contributed by atoms with Crippen molar-refractivity contribution in [1.82, 2.24) is 24.6 Å².